The molecule has 4 rings (SSSR count). The first kappa shape index (κ1) is 15.9. The molecule has 0 fully saturated rings. The van der Waals surface area contributed by atoms with E-state index in [1.54, 1.807) is 24.8 Å². The second-order valence-electron chi connectivity index (χ2n) is 5.96. The summed E-state index contributed by atoms with van der Waals surface area (Å²) in [5, 5.41) is 0. The SMILES string of the molecule is O=C(c1ccc(-c2ccncc2)cc1)c1ccc(-c2ccncc2)cc1. The van der Waals surface area contributed by atoms with Gasteiger partial charge in [0.15, 0.2) is 5.78 Å². The van der Waals surface area contributed by atoms with E-state index in [4.69, 9.17) is 0 Å². The van der Waals surface area contributed by atoms with Gasteiger partial charge < -0.3 is 0 Å². The average Bonchev–Trinajstić information content (AvgIpc) is 2.75. The zero-order valence-electron chi connectivity index (χ0n) is 14.0. The summed E-state index contributed by atoms with van der Waals surface area (Å²) in [6, 6.07) is 23.2. The van der Waals surface area contributed by atoms with E-state index in [0.29, 0.717) is 11.1 Å². The third-order valence-corrected chi connectivity index (χ3v) is 4.32. The van der Waals surface area contributed by atoms with Crippen LogP contribution in [0.5, 0.6) is 0 Å². The molecule has 26 heavy (non-hydrogen) atoms. The summed E-state index contributed by atoms with van der Waals surface area (Å²) in [5.74, 6) is 0.0209. The van der Waals surface area contributed by atoms with Crippen molar-refractivity contribution in [1.29, 1.82) is 0 Å². The first-order chi connectivity index (χ1) is 12.8. The van der Waals surface area contributed by atoms with Crippen LogP contribution in [0.1, 0.15) is 15.9 Å². The van der Waals surface area contributed by atoms with Crippen LogP contribution in [-0.2, 0) is 0 Å². The molecule has 2 aromatic heterocycles. The minimum Gasteiger partial charge on any atom is -0.289 e. The molecule has 3 nitrogen and oxygen atoms in total. The Hall–Kier alpha value is -3.59. The molecule has 2 heterocycles. The Labute approximate surface area is 152 Å². The molecule has 0 radical (unpaired) electrons. The van der Waals surface area contributed by atoms with E-state index in [0.717, 1.165) is 22.3 Å². The summed E-state index contributed by atoms with van der Waals surface area (Å²) in [5.41, 5.74) is 5.66. The summed E-state index contributed by atoms with van der Waals surface area (Å²) < 4.78 is 0. The van der Waals surface area contributed by atoms with E-state index in [9.17, 15) is 4.79 Å². The van der Waals surface area contributed by atoms with E-state index in [1.807, 2.05) is 72.8 Å². The van der Waals surface area contributed by atoms with Gasteiger partial charge in [-0.05, 0) is 46.5 Å². The molecule has 124 valence electrons. The number of rotatable bonds is 4. The lowest BCUT2D eigenvalue weighted by atomic mass is 9.98. The Kier molecular flexibility index (Phi) is 4.35. The molecule has 3 heteroatoms. The van der Waals surface area contributed by atoms with Gasteiger partial charge in [0.05, 0.1) is 0 Å². The van der Waals surface area contributed by atoms with Crippen molar-refractivity contribution in [3.8, 4) is 22.3 Å². The highest BCUT2D eigenvalue weighted by Gasteiger charge is 2.09. The molecule has 0 amide bonds. The van der Waals surface area contributed by atoms with Gasteiger partial charge in [-0.1, -0.05) is 48.5 Å². The first-order valence-electron chi connectivity index (χ1n) is 8.37. The van der Waals surface area contributed by atoms with Crippen LogP contribution >= 0.6 is 0 Å². The minimum atomic E-state index is 0.0209. The fourth-order valence-corrected chi connectivity index (χ4v) is 2.88. The summed E-state index contributed by atoms with van der Waals surface area (Å²) in [7, 11) is 0. The van der Waals surface area contributed by atoms with Gasteiger partial charge >= 0.3 is 0 Å². The van der Waals surface area contributed by atoms with Gasteiger partial charge in [-0.15, -0.1) is 0 Å². The number of aromatic nitrogens is 2. The van der Waals surface area contributed by atoms with Crippen LogP contribution in [0.4, 0.5) is 0 Å². The van der Waals surface area contributed by atoms with Crippen molar-refractivity contribution in [2.75, 3.05) is 0 Å². The predicted octanol–water partition coefficient (Wildman–Crippen LogP) is 5.04. The smallest absolute Gasteiger partial charge is 0.193 e. The van der Waals surface area contributed by atoms with Gasteiger partial charge in [0, 0.05) is 35.9 Å². The standard InChI is InChI=1S/C23H16N2O/c26-23(21-5-1-17(2-6-21)19-9-13-24-14-10-19)22-7-3-18(4-8-22)20-11-15-25-16-12-20/h1-16H. The molecular formula is C23H16N2O. The second-order valence-corrected chi connectivity index (χ2v) is 5.96. The largest absolute Gasteiger partial charge is 0.289 e. The van der Waals surface area contributed by atoms with Crippen molar-refractivity contribution in [2.24, 2.45) is 0 Å². The molecular weight excluding hydrogens is 320 g/mol. The molecule has 0 aliphatic carbocycles. The maximum atomic E-state index is 12.7. The zero-order chi connectivity index (χ0) is 17.8. The van der Waals surface area contributed by atoms with E-state index in [1.165, 1.54) is 0 Å². The molecule has 0 N–H and O–H groups in total. The number of carbonyl (C=O) groups excluding carboxylic acids is 1. The van der Waals surface area contributed by atoms with Crippen LogP contribution in [0.15, 0.2) is 97.6 Å². The Balaban J connectivity index is 1.56. The zero-order valence-corrected chi connectivity index (χ0v) is 14.0. The molecule has 0 saturated carbocycles. The maximum absolute atomic E-state index is 12.7. The fourth-order valence-electron chi connectivity index (χ4n) is 2.88. The van der Waals surface area contributed by atoms with Gasteiger partial charge in [0.25, 0.3) is 0 Å². The summed E-state index contributed by atoms with van der Waals surface area (Å²) in [6.45, 7) is 0. The monoisotopic (exact) mass is 336 g/mol. The average molecular weight is 336 g/mol. The molecule has 2 aromatic carbocycles. The Morgan fingerprint density at radius 2 is 0.769 bits per heavy atom. The lowest BCUT2D eigenvalue weighted by Crippen LogP contribution is -2.00. The van der Waals surface area contributed by atoms with Crippen molar-refractivity contribution in [3.63, 3.8) is 0 Å². The van der Waals surface area contributed by atoms with Gasteiger partial charge in [0.2, 0.25) is 0 Å². The molecule has 0 aliphatic heterocycles. The van der Waals surface area contributed by atoms with Crippen molar-refractivity contribution >= 4 is 5.78 Å². The van der Waals surface area contributed by atoms with Gasteiger partial charge in [-0.25, -0.2) is 0 Å². The molecule has 0 aliphatic rings. The third-order valence-electron chi connectivity index (χ3n) is 4.32. The molecule has 0 saturated heterocycles. The Morgan fingerprint density at radius 3 is 1.12 bits per heavy atom. The molecule has 4 aromatic rings. The number of pyridine rings is 2. The number of benzene rings is 2. The van der Waals surface area contributed by atoms with E-state index in [2.05, 4.69) is 9.97 Å². The van der Waals surface area contributed by atoms with Crippen LogP contribution in [0.2, 0.25) is 0 Å². The van der Waals surface area contributed by atoms with Crippen LogP contribution < -0.4 is 0 Å². The number of hydrogen-bond acceptors (Lipinski definition) is 3. The van der Waals surface area contributed by atoms with Crippen molar-refractivity contribution in [1.82, 2.24) is 9.97 Å². The minimum absolute atomic E-state index is 0.0209. The van der Waals surface area contributed by atoms with E-state index in [-0.39, 0.29) is 5.78 Å². The summed E-state index contributed by atoms with van der Waals surface area (Å²) in [4.78, 5) is 20.8. The maximum Gasteiger partial charge on any atom is 0.193 e. The number of carbonyl (C=O) groups is 1. The normalized spacial score (nSPS) is 10.5. The number of hydrogen-bond donors (Lipinski definition) is 0. The van der Waals surface area contributed by atoms with E-state index >= 15 is 0 Å². The summed E-state index contributed by atoms with van der Waals surface area (Å²) in [6.07, 6.45) is 7.05. The molecule has 0 bridgehead atoms. The van der Waals surface area contributed by atoms with Gasteiger partial charge in [0.1, 0.15) is 0 Å². The van der Waals surface area contributed by atoms with Crippen LogP contribution in [0.25, 0.3) is 22.3 Å². The van der Waals surface area contributed by atoms with Gasteiger partial charge in [-0.2, -0.15) is 0 Å². The highest BCUT2D eigenvalue weighted by atomic mass is 16.1. The van der Waals surface area contributed by atoms with Gasteiger partial charge in [-0.3, -0.25) is 14.8 Å². The lowest BCUT2D eigenvalue weighted by molar-refractivity contribution is 0.103. The van der Waals surface area contributed by atoms with E-state index < -0.39 is 0 Å². The second kappa shape index (κ2) is 7.11. The third kappa shape index (κ3) is 3.28. The highest BCUT2D eigenvalue weighted by molar-refractivity contribution is 6.09. The first-order valence-corrected chi connectivity index (χ1v) is 8.37. The Bertz CT molecular complexity index is 924. The topological polar surface area (TPSA) is 42.9 Å². The fraction of sp³-hybridized carbons (Fsp3) is 0. The number of nitrogens with zero attached hydrogens (tertiary/aromatic N) is 2. The van der Waals surface area contributed by atoms with Crippen LogP contribution in [0, 0.1) is 0 Å². The molecule has 0 atom stereocenters. The van der Waals surface area contributed by atoms with Crippen LogP contribution in [-0.4, -0.2) is 15.8 Å². The number of ketones is 1. The predicted molar refractivity (Wildman–Crippen MR) is 103 cm³/mol. The van der Waals surface area contributed by atoms with Crippen molar-refractivity contribution < 1.29 is 4.79 Å². The quantitative estimate of drug-likeness (QED) is 0.490. The lowest BCUT2D eigenvalue weighted by Gasteiger charge is -2.06. The molecule has 0 spiro atoms. The van der Waals surface area contributed by atoms with Crippen LogP contribution in [0.3, 0.4) is 0 Å². The Morgan fingerprint density at radius 1 is 0.462 bits per heavy atom. The van der Waals surface area contributed by atoms with Crippen molar-refractivity contribution in [3.05, 3.63) is 109 Å². The molecule has 0 unspecified atom stereocenters. The highest BCUT2D eigenvalue weighted by Crippen LogP contribution is 2.22. The summed E-state index contributed by atoms with van der Waals surface area (Å²) >= 11 is 0. The van der Waals surface area contributed by atoms with Crippen molar-refractivity contribution in [2.45, 2.75) is 0 Å².